The molecular weight excluding hydrogens is 340 g/mol. The molecule has 4 unspecified atom stereocenters. The van der Waals surface area contributed by atoms with E-state index in [1.165, 1.54) is 54.4 Å². The summed E-state index contributed by atoms with van der Waals surface area (Å²) < 4.78 is 0. The smallest absolute Gasteiger partial charge is 0.128 e. The normalized spacial score (nSPS) is 29.1. The first-order valence-electron chi connectivity index (χ1n) is 10.8. The molecule has 2 aromatic rings. The SMILES string of the molecule is Cc1ccc(C2=CCC3CC4NC(c5ccc(C)cc5)=NC4CC3CC2)cc1. The molecule has 1 fully saturated rings. The molecular formula is C26H30N2. The fourth-order valence-corrected chi connectivity index (χ4v) is 5.30. The van der Waals surface area contributed by atoms with E-state index in [9.17, 15) is 0 Å². The molecule has 1 aliphatic heterocycles. The summed E-state index contributed by atoms with van der Waals surface area (Å²) in [5.74, 6) is 2.72. The van der Waals surface area contributed by atoms with Gasteiger partial charge < -0.3 is 5.32 Å². The molecule has 2 nitrogen and oxygen atoms in total. The summed E-state index contributed by atoms with van der Waals surface area (Å²) in [6.45, 7) is 4.30. The van der Waals surface area contributed by atoms with Crippen LogP contribution in [0.5, 0.6) is 0 Å². The van der Waals surface area contributed by atoms with Crippen LogP contribution >= 0.6 is 0 Å². The van der Waals surface area contributed by atoms with Gasteiger partial charge in [0.25, 0.3) is 0 Å². The van der Waals surface area contributed by atoms with Crippen molar-refractivity contribution >= 4 is 11.4 Å². The summed E-state index contributed by atoms with van der Waals surface area (Å²) >= 11 is 0. The predicted molar refractivity (Wildman–Crippen MR) is 118 cm³/mol. The molecule has 144 valence electrons. The zero-order valence-corrected chi connectivity index (χ0v) is 17.0. The van der Waals surface area contributed by atoms with Crippen LogP contribution in [-0.4, -0.2) is 17.9 Å². The molecule has 0 saturated heterocycles. The van der Waals surface area contributed by atoms with E-state index in [4.69, 9.17) is 4.99 Å². The van der Waals surface area contributed by atoms with E-state index in [2.05, 4.69) is 73.8 Å². The van der Waals surface area contributed by atoms with Crippen LogP contribution in [0.3, 0.4) is 0 Å². The molecule has 2 aliphatic carbocycles. The quantitative estimate of drug-likeness (QED) is 0.722. The Morgan fingerprint density at radius 2 is 1.50 bits per heavy atom. The Labute approximate surface area is 168 Å². The number of aryl methyl sites for hydroxylation is 2. The maximum Gasteiger partial charge on any atom is 0.128 e. The molecule has 1 N–H and O–H groups in total. The second-order valence-electron chi connectivity index (χ2n) is 9.02. The third-order valence-electron chi connectivity index (χ3n) is 7.05. The third kappa shape index (κ3) is 3.41. The average Bonchev–Trinajstić information content (AvgIpc) is 3.00. The van der Waals surface area contributed by atoms with Gasteiger partial charge in [0.05, 0.1) is 12.1 Å². The number of nitrogens with zero attached hydrogens (tertiary/aromatic N) is 1. The number of allylic oxidation sites excluding steroid dienone is 2. The molecule has 0 radical (unpaired) electrons. The minimum atomic E-state index is 0.457. The Bertz CT molecular complexity index is 861. The number of amidine groups is 1. The third-order valence-corrected chi connectivity index (χ3v) is 7.05. The minimum absolute atomic E-state index is 0.457. The van der Waals surface area contributed by atoms with E-state index in [1.807, 2.05) is 0 Å². The average molecular weight is 371 g/mol. The highest BCUT2D eigenvalue weighted by molar-refractivity contribution is 6.00. The van der Waals surface area contributed by atoms with E-state index in [0.29, 0.717) is 12.1 Å². The standard InChI is InChI=1S/C26H30N2/c1-17-3-7-19(8-4-17)20-11-13-22-15-24-25(16-23(22)14-12-20)28-26(27-24)21-9-5-18(2)6-10-21/h3-11,22-25H,12-16H2,1-2H3,(H,27,28). The van der Waals surface area contributed by atoms with Gasteiger partial charge in [-0.15, -0.1) is 0 Å². The maximum atomic E-state index is 5.11. The van der Waals surface area contributed by atoms with Gasteiger partial charge in [0.15, 0.2) is 0 Å². The van der Waals surface area contributed by atoms with Gasteiger partial charge in [-0.25, -0.2) is 0 Å². The van der Waals surface area contributed by atoms with Crippen LogP contribution < -0.4 is 5.32 Å². The van der Waals surface area contributed by atoms with Crippen molar-refractivity contribution in [1.29, 1.82) is 0 Å². The van der Waals surface area contributed by atoms with Crippen LogP contribution in [0.1, 0.15) is 54.4 Å². The molecule has 0 bridgehead atoms. The van der Waals surface area contributed by atoms with Gasteiger partial charge in [0.2, 0.25) is 0 Å². The van der Waals surface area contributed by atoms with Crippen LogP contribution in [0.4, 0.5) is 0 Å². The van der Waals surface area contributed by atoms with Crippen molar-refractivity contribution < 1.29 is 0 Å². The molecule has 5 rings (SSSR count). The number of benzene rings is 2. The van der Waals surface area contributed by atoms with Crippen molar-refractivity contribution in [3.05, 3.63) is 76.9 Å². The summed E-state index contributed by atoms with van der Waals surface area (Å²) in [6.07, 6.45) is 8.77. The highest BCUT2D eigenvalue weighted by Crippen LogP contribution is 2.43. The van der Waals surface area contributed by atoms with E-state index >= 15 is 0 Å². The monoisotopic (exact) mass is 370 g/mol. The van der Waals surface area contributed by atoms with Gasteiger partial charge in [-0.3, -0.25) is 4.99 Å². The number of nitrogens with one attached hydrogen (secondary N) is 1. The lowest BCUT2D eigenvalue weighted by Crippen LogP contribution is -2.43. The van der Waals surface area contributed by atoms with Crippen molar-refractivity contribution in [3.63, 3.8) is 0 Å². The van der Waals surface area contributed by atoms with Crippen LogP contribution in [0.25, 0.3) is 5.57 Å². The summed E-state index contributed by atoms with van der Waals surface area (Å²) in [5, 5.41) is 3.76. The number of fused-ring (bicyclic) bond motifs is 2. The van der Waals surface area contributed by atoms with E-state index in [-0.39, 0.29) is 0 Å². The van der Waals surface area contributed by atoms with Crippen molar-refractivity contribution in [3.8, 4) is 0 Å². The first-order chi connectivity index (χ1) is 13.7. The predicted octanol–water partition coefficient (Wildman–Crippen LogP) is 5.68. The Hall–Kier alpha value is -2.35. The van der Waals surface area contributed by atoms with Gasteiger partial charge in [0, 0.05) is 5.56 Å². The van der Waals surface area contributed by atoms with Crippen molar-refractivity contribution in [2.45, 2.75) is 58.0 Å². The second kappa shape index (κ2) is 7.24. The van der Waals surface area contributed by atoms with Crippen LogP contribution in [0.15, 0.2) is 59.6 Å². The summed E-state index contributed by atoms with van der Waals surface area (Å²) in [4.78, 5) is 5.11. The lowest BCUT2D eigenvalue weighted by Gasteiger charge is -2.36. The fourth-order valence-electron chi connectivity index (χ4n) is 5.30. The largest absolute Gasteiger partial charge is 0.365 e. The van der Waals surface area contributed by atoms with E-state index in [1.54, 1.807) is 5.57 Å². The van der Waals surface area contributed by atoms with Gasteiger partial charge in [-0.05, 0) is 68.9 Å². The lowest BCUT2D eigenvalue weighted by molar-refractivity contribution is 0.190. The van der Waals surface area contributed by atoms with E-state index in [0.717, 1.165) is 17.7 Å². The highest BCUT2D eigenvalue weighted by atomic mass is 15.1. The van der Waals surface area contributed by atoms with E-state index < -0.39 is 0 Å². The fraction of sp³-hybridized carbons (Fsp3) is 0.423. The number of hydrogen-bond donors (Lipinski definition) is 1. The molecule has 28 heavy (non-hydrogen) atoms. The van der Waals surface area contributed by atoms with Gasteiger partial charge in [0.1, 0.15) is 5.84 Å². The van der Waals surface area contributed by atoms with Crippen LogP contribution in [0, 0.1) is 25.7 Å². The molecule has 1 saturated carbocycles. The van der Waals surface area contributed by atoms with Crippen molar-refractivity contribution in [2.75, 3.05) is 0 Å². The van der Waals surface area contributed by atoms with Gasteiger partial charge in [-0.1, -0.05) is 65.7 Å². The first kappa shape index (κ1) is 17.7. The molecule has 0 amide bonds. The molecule has 2 heteroatoms. The number of aliphatic imine (C=N–C) groups is 1. The first-order valence-corrected chi connectivity index (χ1v) is 10.8. The molecule has 0 spiro atoms. The maximum absolute atomic E-state index is 5.11. The molecule has 3 aliphatic rings. The lowest BCUT2D eigenvalue weighted by atomic mass is 9.72. The molecule has 4 atom stereocenters. The zero-order valence-electron chi connectivity index (χ0n) is 17.0. The minimum Gasteiger partial charge on any atom is -0.365 e. The Morgan fingerprint density at radius 3 is 2.21 bits per heavy atom. The topological polar surface area (TPSA) is 24.4 Å². The van der Waals surface area contributed by atoms with Gasteiger partial charge >= 0.3 is 0 Å². The van der Waals surface area contributed by atoms with Crippen molar-refractivity contribution in [1.82, 2.24) is 5.32 Å². The summed E-state index contributed by atoms with van der Waals surface area (Å²) in [7, 11) is 0. The Kier molecular flexibility index (Phi) is 4.58. The molecule has 2 aromatic carbocycles. The Morgan fingerprint density at radius 1 is 0.821 bits per heavy atom. The van der Waals surface area contributed by atoms with Crippen LogP contribution in [-0.2, 0) is 0 Å². The van der Waals surface area contributed by atoms with Crippen LogP contribution in [0.2, 0.25) is 0 Å². The summed E-state index contributed by atoms with van der Waals surface area (Å²) in [5.41, 5.74) is 6.85. The molecule has 0 aromatic heterocycles. The Balaban J connectivity index is 1.29. The number of hydrogen-bond acceptors (Lipinski definition) is 2. The second-order valence-corrected chi connectivity index (χ2v) is 9.02. The summed E-state index contributed by atoms with van der Waals surface area (Å²) in [6, 6.07) is 18.8. The number of rotatable bonds is 2. The van der Waals surface area contributed by atoms with Crippen molar-refractivity contribution in [2.24, 2.45) is 16.8 Å². The zero-order chi connectivity index (χ0) is 19.1. The highest BCUT2D eigenvalue weighted by Gasteiger charge is 2.40. The molecule has 1 heterocycles. The van der Waals surface area contributed by atoms with Gasteiger partial charge in [-0.2, -0.15) is 0 Å².